The third-order valence-electron chi connectivity index (χ3n) is 5.78. The lowest BCUT2D eigenvalue weighted by Crippen LogP contribution is -2.39. The Hall–Kier alpha value is -3.28. The molecule has 6 nitrogen and oxygen atoms in total. The van der Waals surface area contributed by atoms with Crippen molar-refractivity contribution in [1.29, 1.82) is 0 Å². The van der Waals surface area contributed by atoms with E-state index in [1.165, 1.54) is 18.2 Å². The van der Waals surface area contributed by atoms with Gasteiger partial charge in [0.15, 0.2) is 0 Å². The van der Waals surface area contributed by atoms with E-state index in [0.717, 1.165) is 17.8 Å². The number of anilines is 1. The Balaban J connectivity index is 1.85. The molecule has 2 heterocycles. The monoisotopic (exact) mass is 531 g/mol. The average Bonchev–Trinajstić information content (AvgIpc) is 2.80. The van der Waals surface area contributed by atoms with Crippen LogP contribution in [0.2, 0.25) is 0 Å². The molecule has 1 aromatic carbocycles. The number of hydrogen-bond acceptors (Lipinski definition) is 5. The molecule has 12 heteroatoms. The highest BCUT2D eigenvalue weighted by molar-refractivity contribution is 5.96. The van der Waals surface area contributed by atoms with Crippen LogP contribution in [0.3, 0.4) is 0 Å². The van der Waals surface area contributed by atoms with Gasteiger partial charge in [-0.2, -0.15) is 13.2 Å². The number of halogens is 6. The predicted molar refractivity (Wildman–Crippen MR) is 124 cm³/mol. The number of rotatable bonds is 9. The number of fused-ring (bicyclic) bond motifs is 1. The fraction of sp³-hybridized carbons (Fsp3) is 0.440. The second-order valence-corrected chi connectivity index (χ2v) is 9.15. The van der Waals surface area contributed by atoms with Crippen LogP contribution in [0.1, 0.15) is 36.7 Å². The second-order valence-electron chi connectivity index (χ2n) is 9.15. The molecule has 2 aromatic rings. The first-order chi connectivity index (χ1) is 17.3. The number of allylic oxidation sites excluding steroid dienone is 1. The van der Waals surface area contributed by atoms with Crippen LogP contribution in [-0.2, 0) is 21.4 Å². The van der Waals surface area contributed by atoms with Gasteiger partial charge in [0.1, 0.15) is 24.2 Å². The number of nitrogens with zero attached hydrogens (tertiary/aromatic N) is 2. The number of aromatic nitrogens is 1. The van der Waals surface area contributed by atoms with E-state index in [9.17, 15) is 31.1 Å². The highest BCUT2D eigenvalue weighted by Gasteiger charge is 2.34. The fourth-order valence-electron chi connectivity index (χ4n) is 4.07. The number of ether oxygens (including phenoxy) is 2. The van der Waals surface area contributed by atoms with Gasteiger partial charge in [0.05, 0.1) is 31.3 Å². The van der Waals surface area contributed by atoms with Crippen LogP contribution in [-0.4, -0.2) is 55.3 Å². The van der Waals surface area contributed by atoms with Gasteiger partial charge in [-0.25, -0.2) is 13.2 Å². The minimum absolute atomic E-state index is 0.0177. The molecule has 3 rings (SSSR count). The van der Waals surface area contributed by atoms with Gasteiger partial charge in [-0.15, -0.1) is 0 Å². The van der Waals surface area contributed by atoms with Crippen molar-refractivity contribution in [3.63, 3.8) is 0 Å². The van der Waals surface area contributed by atoms with E-state index >= 15 is 0 Å². The fourth-order valence-corrected chi connectivity index (χ4v) is 4.07. The Kier molecular flexibility index (Phi) is 8.72. The first-order valence-electron chi connectivity index (χ1n) is 11.3. The molecule has 1 aromatic heterocycles. The van der Waals surface area contributed by atoms with Crippen molar-refractivity contribution in [3.8, 4) is 5.75 Å². The zero-order valence-corrected chi connectivity index (χ0v) is 20.4. The summed E-state index contributed by atoms with van der Waals surface area (Å²) in [4.78, 5) is 18.6. The Morgan fingerprint density at radius 2 is 2.00 bits per heavy atom. The van der Waals surface area contributed by atoms with Crippen molar-refractivity contribution in [1.82, 2.24) is 9.88 Å². The third-order valence-corrected chi connectivity index (χ3v) is 5.78. The zero-order valence-electron chi connectivity index (χ0n) is 20.4. The van der Waals surface area contributed by atoms with Crippen molar-refractivity contribution in [2.45, 2.75) is 44.3 Å². The Bertz CT molecular complexity index is 1140. The molecule has 0 bridgehead atoms. The number of amides is 1. The first-order valence-corrected chi connectivity index (χ1v) is 11.3. The molecular weight excluding hydrogens is 504 g/mol. The van der Waals surface area contributed by atoms with E-state index < -0.39 is 42.4 Å². The number of nitrogens with one attached hydrogen (secondary N) is 1. The molecule has 0 unspecified atom stereocenters. The molecule has 0 saturated carbocycles. The smallest absolute Gasteiger partial charge is 0.411 e. The van der Waals surface area contributed by atoms with Gasteiger partial charge in [-0.3, -0.25) is 9.78 Å². The molecule has 202 valence electrons. The Morgan fingerprint density at radius 1 is 1.27 bits per heavy atom. The molecule has 0 aliphatic carbocycles. The van der Waals surface area contributed by atoms with Crippen molar-refractivity contribution in [3.05, 3.63) is 65.4 Å². The number of alkyl halides is 5. The molecule has 1 aliphatic rings. The van der Waals surface area contributed by atoms with Crippen LogP contribution < -0.4 is 10.1 Å². The molecule has 1 amide bonds. The van der Waals surface area contributed by atoms with Crippen molar-refractivity contribution >= 4 is 11.6 Å². The van der Waals surface area contributed by atoms with Crippen molar-refractivity contribution in [2.24, 2.45) is 0 Å². The molecule has 1 N–H and O–H groups in total. The minimum Gasteiger partial charge on any atom is -0.497 e. The molecule has 37 heavy (non-hydrogen) atoms. The summed E-state index contributed by atoms with van der Waals surface area (Å²) in [5.74, 6) is -0.948. The van der Waals surface area contributed by atoms with E-state index in [-0.39, 0.29) is 30.6 Å². The third kappa shape index (κ3) is 7.37. The van der Waals surface area contributed by atoms with Gasteiger partial charge in [0.2, 0.25) is 0 Å². The Labute approximate surface area is 210 Å². The molecule has 1 atom stereocenters. The number of benzene rings is 1. The maximum atomic E-state index is 14.9. The van der Waals surface area contributed by atoms with Crippen LogP contribution in [0, 0.1) is 5.82 Å². The van der Waals surface area contributed by atoms with Gasteiger partial charge < -0.3 is 19.7 Å². The summed E-state index contributed by atoms with van der Waals surface area (Å²) >= 11 is 0. The largest absolute Gasteiger partial charge is 0.497 e. The molecule has 1 aliphatic heterocycles. The maximum Gasteiger partial charge on any atom is 0.411 e. The number of hydrogen-bond donors (Lipinski definition) is 1. The van der Waals surface area contributed by atoms with Crippen molar-refractivity contribution < 1.29 is 40.6 Å². The van der Waals surface area contributed by atoms with E-state index in [2.05, 4.69) is 10.3 Å². The average molecular weight is 531 g/mol. The van der Waals surface area contributed by atoms with E-state index in [1.807, 2.05) is 0 Å². The van der Waals surface area contributed by atoms with Crippen molar-refractivity contribution in [2.75, 3.05) is 32.2 Å². The number of methoxy groups -OCH3 is 1. The standard InChI is InChI=1S/C25H27F6N3O3/c1-24(2,14-37-13-20(27)28)22-19(26)11-16(12-32-22)33-23(35)21-18-5-4-17(36-3)10-15(18)6-8-34(21)9-7-25(29,30)31/h4-5,7,9-12,20-21H,6,8,13-14H2,1-3H3,(H,33,35)/t21-/m1/s1. The molecule has 0 saturated heterocycles. The predicted octanol–water partition coefficient (Wildman–Crippen LogP) is 5.40. The van der Waals surface area contributed by atoms with Gasteiger partial charge in [-0.05, 0) is 29.7 Å². The molecule has 0 radical (unpaired) electrons. The first kappa shape index (κ1) is 28.3. The van der Waals surface area contributed by atoms with E-state index in [4.69, 9.17) is 9.47 Å². The summed E-state index contributed by atoms with van der Waals surface area (Å²) in [6, 6.07) is 4.81. The highest BCUT2D eigenvalue weighted by Crippen LogP contribution is 2.34. The number of pyridine rings is 1. The lowest BCUT2D eigenvalue weighted by atomic mass is 9.89. The van der Waals surface area contributed by atoms with Gasteiger partial charge in [0, 0.05) is 30.3 Å². The van der Waals surface area contributed by atoms with Crippen LogP contribution in [0.4, 0.5) is 32.0 Å². The van der Waals surface area contributed by atoms with Gasteiger partial charge in [-0.1, -0.05) is 19.9 Å². The van der Waals surface area contributed by atoms with Crippen LogP contribution in [0.15, 0.2) is 42.7 Å². The second kappa shape index (κ2) is 11.4. The SMILES string of the molecule is COc1ccc2c(c1)CCN(C=CC(F)(F)F)[C@H]2C(=O)Nc1cnc(C(C)(C)COCC(F)F)c(F)c1. The molecule has 0 fully saturated rings. The molecule has 0 spiro atoms. The van der Waals surface area contributed by atoms with E-state index in [0.29, 0.717) is 17.7 Å². The summed E-state index contributed by atoms with van der Waals surface area (Å²) in [6.45, 7) is 2.26. The van der Waals surface area contributed by atoms with Crippen LogP contribution in [0.25, 0.3) is 0 Å². The summed E-state index contributed by atoms with van der Waals surface area (Å²) in [7, 11) is 1.48. The lowest BCUT2D eigenvalue weighted by Gasteiger charge is -2.36. The quantitative estimate of drug-likeness (QED) is 0.439. The molecular formula is C25H27F6N3O3. The van der Waals surface area contributed by atoms with Crippen LogP contribution >= 0.6 is 0 Å². The highest BCUT2D eigenvalue weighted by atomic mass is 19.4. The maximum absolute atomic E-state index is 14.9. The number of carbonyl (C=O) groups is 1. The zero-order chi connectivity index (χ0) is 27.4. The summed E-state index contributed by atoms with van der Waals surface area (Å²) in [6.07, 6.45) is -4.79. The van der Waals surface area contributed by atoms with Crippen LogP contribution in [0.5, 0.6) is 5.75 Å². The summed E-state index contributed by atoms with van der Waals surface area (Å²) in [5, 5.41) is 2.53. The number of carbonyl (C=O) groups excluding carboxylic acids is 1. The normalized spacial score (nSPS) is 16.3. The summed E-state index contributed by atoms with van der Waals surface area (Å²) in [5.41, 5.74) is 0.114. The lowest BCUT2D eigenvalue weighted by molar-refractivity contribution is -0.121. The topological polar surface area (TPSA) is 63.7 Å². The van der Waals surface area contributed by atoms with E-state index in [1.54, 1.807) is 32.0 Å². The van der Waals surface area contributed by atoms with Gasteiger partial charge >= 0.3 is 6.18 Å². The Morgan fingerprint density at radius 3 is 2.62 bits per heavy atom. The summed E-state index contributed by atoms with van der Waals surface area (Å²) < 4.78 is 88.3. The minimum atomic E-state index is -4.57. The van der Waals surface area contributed by atoms with Gasteiger partial charge in [0.25, 0.3) is 12.3 Å².